The number of ketones is 1. The first-order valence-corrected chi connectivity index (χ1v) is 8.49. The van der Waals surface area contributed by atoms with Gasteiger partial charge in [-0.15, -0.1) is 0 Å². The highest BCUT2D eigenvalue weighted by atomic mass is 35.5. The summed E-state index contributed by atoms with van der Waals surface area (Å²) in [5.74, 6) is 0.266. The second-order valence-corrected chi connectivity index (χ2v) is 6.19. The number of benzene rings is 2. The number of halogens is 1. The first-order chi connectivity index (χ1) is 11.3. The van der Waals surface area contributed by atoms with E-state index < -0.39 is 0 Å². The molecule has 0 bridgehead atoms. The third-order valence-corrected chi connectivity index (χ3v) is 4.56. The van der Waals surface area contributed by atoms with E-state index in [1.165, 1.54) is 17.7 Å². The van der Waals surface area contributed by atoms with Crippen LogP contribution in [0.4, 0.5) is 0 Å². The van der Waals surface area contributed by atoms with Crippen molar-refractivity contribution in [3.8, 4) is 0 Å². The topological polar surface area (TPSA) is 21.5 Å². The summed E-state index contributed by atoms with van der Waals surface area (Å²) in [6.07, 6.45) is 5.12. The first-order valence-electron chi connectivity index (χ1n) is 8.49. The van der Waals surface area contributed by atoms with Gasteiger partial charge in [0.15, 0.2) is 5.78 Å². The van der Waals surface area contributed by atoms with E-state index >= 15 is 0 Å². The minimum absolute atomic E-state index is 0. The molecule has 0 amide bonds. The first kappa shape index (κ1) is 18.4. The van der Waals surface area contributed by atoms with E-state index in [1.807, 2.05) is 30.3 Å². The number of rotatable bonds is 6. The van der Waals surface area contributed by atoms with Crippen molar-refractivity contribution < 1.29 is 22.1 Å². The molecular weight excluding hydrogens is 318 g/mol. The largest absolute Gasteiger partial charge is 1.00 e. The van der Waals surface area contributed by atoms with Gasteiger partial charge in [0.1, 0.15) is 0 Å². The summed E-state index contributed by atoms with van der Waals surface area (Å²) in [5, 5.41) is 0. The normalized spacial score (nSPS) is 16.8. The van der Waals surface area contributed by atoms with Gasteiger partial charge in [0.05, 0.1) is 19.6 Å². The third kappa shape index (κ3) is 5.05. The zero-order valence-electron chi connectivity index (χ0n) is 13.9. The van der Waals surface area contributed by atoms with Crippen LogP contribution < -0.4 is 17.3 Å². The number of carbonyl (C=O) groups is 1. The highest BCUT2D eigenvalue weighted by molar-refractivity contribution is 5.95. The predicted octanol–water partition coefficient (Wildman–Crippen LogP) is 0.0257. The van der Waals surface area contributed by atoms with Crippen molar-refractivity contribution in [1.29, 1.82) is 0 Å². The van der Waals surface area contributed by atoms with E-state index in [9.17, 15) is 4.79 Å². The van der Waals surface area contributed by atoms with Crippen LogP contribution in [0.2, 0.25) is 0 Å². The van der Waals surface area contributed by atoms with Gasteiger partial charge in [0, 0.05) is 24.8 Å². The van der Waals surface area contributed by atoms with E-state index in [0.29, 0.717) is 6.42 Å². The van der Waals surface area contributed by atoms with Crippen molar-refractivity contribution in [3.63, 3.8) is 0 Å². The molecule has 2 nitrogen and oxygen atoms in total. The highest BCUT2D eigenvalue weighted by Gasteiger charge is 2.16. The van der Waals surface area contributed by atoms with E-state index in [1.54, 1.807) is 4.90 Å². The van der Waals surface area contributed by atoms with Crippen molar-refractivity contribution in [2.24, 2.45) is 0 Å². The standard InChI is InChI=1S/C21H23NO.ClH/c23-21(20-10-5-2-6-11-20)12-7-15-22-16-13-19(14-17-22)18-8-3-1-4-9-18;/h1-6,8-11,13H,7,12,14-17H2;1H. The number of nitrogens with one attached hydrogen (secondary N) is 1. The molecule has 0 saturated heterocycles. The minimum Gasteiger partial charge on any atom is -1.00 e. The maximum Gasteiger partial charge on any atom is 0.163 e. The molecule has 0 fully saturated rings. The Balaban J connectivity index is 0.00000208. The number of Topliss-reactive ketones (excluding diaryl/α,β-unsaturated/α-hetero) is 1. The maximum atomic E-state index is 12.1. The van der Waals surface area contributed by atoms with Crippen molar-refractivity contribution in [3.05, 3.63) is 77.9 Å². The van der Waals surface area contributed by atoms with Gasteiger partial charge in [-0.05, 0) is 17.2 Å². The molecule has 1 aliphatic heterocycles. The van der Waals surface area contributed by atoms with Gasteiger partial charge in [0.2, 0.25) is 0 Å². The molecular formula is C21H24ClNO. The quantitative estimate of drug-likeness (QED) is 0.735. The zero-order valence-corrected chi connectivity index (χ0v) is 14.6. The lowest BCUT2D eigenvalue weighted by Gasteiger charge is -2.23. The van der Waals surface area contributed by atoms with Crippen LogP contribution >= 0.6 is 0 Å². The molecule has 0 aromatic heterocycles. The second kappa shape index (κ2) is 9.41. The summed E-state index contributed by atoms with van der Waals surface area (Å²) < 4.78 is 0. The van der Waals surface area contributed by atoms with Crippen LogP contribution in [-0.2, 0) is 0 Å². The number of hydrogen-bond donors (Lipinski definition) is 1. The lowest BCUT2D eigenvalue weighted by atomic mass is 9.99. The molecule has 3 rings (SSSR count). The Morgan fingerprint density at radius 2 is 1.62 bits per heavy atom. The predicted molar refractivity (Wildman–Crippen MR) is 94.6 cm³/mol. The molecule has 0 saturated carbocycles. The van der Waals surface area contributed by atoms with Crippen molar-refractivity contribution in [1.82, 2.24) is 0 Å². The number of carbonyl (C=O) groups excluding carboxylic acids is 1. The second-order valence-electron chi connectivity index (χ2n) is 6.19. The molecule has 1 N–H and O–H groups in total. The van der Waals surface area contributed by atoms with Crippen molar-refractivity contribution in [2.75, 3.05) is 19.6 Å². The lowest BCUT2D eigenvalue weighted by Crippen LogP contribution is -3.12. The molecule has 0 radical (unpaired) electrons. The smallest absolute Gasteiger partial charge is 0.163 e. The van der Waals surface area contributed by atoms with Gasteiger partial charge in [-0.25, -0.2) is 0 Å². The van der Waals surface area contributed by atoms with Crippen molar-refractivity contribution in [2.45, 2.75) is 19.3 Å². The molecule has 2 aromatic rings. The molecule has 1 atom stereocenters. The van der Waals surface area contributed by atoms with E-state index in [0.717, 1.165) is 31.5 Å². The summed E-state index contributed by atoms with van der Waals surface area (Å²) in [7, 11) is 0. The Morgan fingerprint density at radius 1 is 0.958 bits per heavy atom. The summed E-state index contributed by atoms with van der Waals surface area (Å²) >= 11 is 0. The van der Waals surface area contributed by atoms with E-state index in [4.69, 9.17) is 0 Å². The molecule has 24 heavy (non-hydrogen) atoms. The average Bonchev–Trinajstić information content (AvgIpc) is 2.64. The highest BCUT2D eigenvalue weighted by Crippen LogP contribution is 2.17. The summed E-state index contributed by atoms with van der Waals surface area (Å²) in [6.45, 7) is 3.32. The zero-order chi connectivity index (χ0) is 15.9. The van der Waals surface area contributed by atoms with Crippen LogP contribution in [0, 0.1) is 0 Å². The Hall–Kier alpha value is -1.90. The fourth-order valence-corrected chi connectivity index (χ4v) is 3.19. The Morgan fingerprint density at radius 3 is 2.25 bits per heavy atom. The Bertz CT molecular complexity index is 667. The molecule has 1 aliphatic rings. The van der Waals surface area contributed by atoms with E-state index in [2.05, 4.69) is 36.4 Å². The lowest BCUT2D eigenvalue weighted by molar-refractivity contribution is -0.895. The molecule has 0 aliphatic carbocycles. The SMILES string of the molecule is O=C(CCC[NH+]1CC=C(c2ccccc2)CC1)c1ccccc1.[Cl-]. The van der Waals surface area contributed by atoms with Crippen LogP contribution in [0.15, 0.2) is 66.7 Å². The molecule has 0 spiro atoms. The van der Waals surface area contributed by atoms with Crippen LogP contribution in [-0.4, -0.2) is 25.4 Å². The van der Waals surface area contributed by atoms with Gasteiger partial charge < -0.3 is 17.3 Å². The van der Waals surface area contributed by atoms with Gasteiger partial charge in [-0.1, -0.05) is 60.7 Å². The fourth-order valence-electron chi connectivity index (χ4n) is 3.19. The molecule has 1 heterocycles. The maximum absolute atomic E-state index is 12.1. The van der Waals surface area contributed by atoms with Gasteiger partial charge in [-0.3, -0.25) is 4.79 Å². The van der Waals surface area contributed by atoms with E-state index in [-0.39, 0.29) is 18.2 Å². The molecule has 2 aromatic carbocycles. The molecule has 3 heteroatoms. The van der Waals surface area contributed by atoms with Crippen molar-refractivity contribution >= 4 is 11.4 Å². The summed E-state index contributed by atoms with van der Waals surface area (Å²) in [4.78, 5) is 13.7. The van der Waals surface area contributed by atoms with Gasteiger partial charge >= 0.3 is 0 Å². The minimum atomic E-state index is 0. The van der Waals surface area contributed by atoms with Crippen LogP contribution in [0.1, 0.15) is 35.2 Å². The summed E-state index contributed by atoms with van der Waals surface area (Å²) in [6, 6.07) is 20.3. The number of quaternary nitrogens is 1. The van der Waals surface area contributed by atoms with Gasteiger partial charge in [0.25, 0.3) is 0 Å². The monoisotopic (exact) mass is 341 g/mol. The fraction of sp³-hybridized carbons (Fsp3) is 0.286. The molecule has 126 valence electrons. The third-order valence-electron chi connectivity index (χ3n) is 4.56. The van der Waals surface area contributed by atoms with Crippen LogP contribution in [0.25, 0.3) is 5.57 Å². The van der Waals surface area contributed by atoms with Crippen LogP contribution in [0.3, 0.4) is 0 Å². The summed E-state index contributed by atoms with van der Waals surface area (Å²) in [5.41, 5.74) is 3.66. The van der Waals surface area contributed by atoms with Crippen LogP contribution in [0.5, 0.6) is 0 Å². The van der Waals surface area contributed by atoms with Gasteiger partial charge in [-0.2, -0.15) is 0 Å². The molecule has 1 unspecified atom stereocenters. The number of hydrogen-bond acceptors (Lipinski definition) is 1. The average molecular weight is 342 g/mol. The Kier molecular flexibility index (Phi) is 7.23. The Labute approximate surface area is 150 Å².